The van der Waals surface area contributed by atoms with Crippen LogP contribution >= 0.6 is 11.6 Å². The van der Waals surface area contributed by atoms with Gasteiger partial charge in [0.25, 0.3) is 0 Å². The van der Waals surface area contributed by atoms with E-state index in [-0.39, 0.29) is 11.9 Å². The van der Waals surface area contributed by atoms with Crippen LogP contribution in [0, 0.1) is 5.92 Å². The van der Waals surface area contributed by atoms with Gasteiger partial charge in [0.05, 0.1) is 24.9 Å². The fraction of sp³-hybridized carbons (Fsp3) is 0.611. The SMILES string of the molecule is COc1cc(OC)c(N[C@H](C)C(=O)N[C@H]2CCCC[C@@H]2C)cc1Cl. The van der Waals surface area contributed by atoms with Gasteiger partial charge in [-0.1, -0.05) is 31.4 Å². The largest absolute Gasteiger partial charge is 0.495 e. The summed E-state index contributed by atoms with van der Waals surface area (Å²) >= 11 is 6.18. The van der Waals surface area contributed by atoms with Crippen molar-refractivity contribution in [3.63, 3.8) is 0 Å². The number of rotatable bonds is 6. The van der Waals surface area contributed by atoms with Gasteiger partial charge in [0.1, 0.15) is 17.5 Å². The Bertz CT molecular complexity index is 580. The summed E-state index contributed by atoms with van der Waals surface area (Å²) in [7, 11) is 3.12. The molecule has 0 unspecified atom stereocenters. The van der Waals surface area contributed by atoms with Crippen LogP contribution in [0.2, 0.25) is 5.02 Å². The minimum absolute atomic E-state index is 0.0113. The molecule has 0 aromatic heterocycles. The van der Waals surface area contributed by atoms with E-state index in [0.29, 0.717) is 28.1 Å². The highest BCUT2D eigenvalue weighted by Gasteiger charge is 2.25. The van der Waals surface area contributed by atoms with E-state index in [0.717, 1.165) is 6.42 Å². The van der Waals surface area contributed by atoms with Crippen molar-refractivity contribution in [2.24, 2.45) is 5.92 Å². The molecule has 1 amide bonds. The lowest BCUT2D eigenvalue weighted by molar-refractivity contribution is -0.122. The van der Waals surface area contributed by atoms with Crippen molar-refractivity contribution in [1.82, 2.24) is 5.32 Å². The highest BCUT2D eigenvalue weighted by atomic mass is 35.5. The molecule has 1 fully saturated rings. The average molecular weight is 355 g/mol. The quantitative estimate of drug-likeness (QED) is 0.814. The number of anilines is 1. The number of benzene rings is 1. The molecule has 1 aromatic rings. The number of nitrogens with one attached hydrogen (secondary N) is 2. The summed E-state index contributed by atoms with van der Waals surface area (Å²) in [5, 5.41) is 6.81. The molecule has 1 saturated carbocycles. The van der Waals surface area contributed by atoms with Crippen LogP contribution in [-0.4, -0.2) is 32.2 Å². The predicted molar refractivity (Wildman–Crippen MR) is 97.2 cm³/mol. The van der Waals surface area contributed by atoms with E-state index in [1.807, 2.05) is 6.92 Å². The molecule has 0 aliphatic heterocycles. The van der Waals surface area contributed by atoms with Crippen molar-refractivity contribution < 1.29 is 14.3 Å². The number of carbonyl (C=O) groups excluding carboxylic acids is 1. The molecule has 0 bridgehead atoms. The van der Waals surface area contributed by atoms with Gasteiger partial charge in [-0.3, -0.25) is 4.79 Å². The van der Waals surface area contributed by atoms with Crippen LogP contribution in [0.5, 0.6) is 11.5 Å². The van der Waals surface area contributed by atoms with Gasteiger partial charge in [0.15, 0.2) is 0 Å². The van der Waals surface area contributed by atoms with E-state index in [4.69, 9.17) is 21.1 Å². The summed E-state index contributed by atoms with van der Waals surface area (Å²) in [6.45, 7) is 4.04. The molecule has 1 aromatic carbocycles. The topological polar surface area (TPSA) is 59.6 Å². The molecule has 1 aliphatic carbocycles. The molecule has 0 spiro atoms. The summed E-state index contributed by atoms with van der Waals surface area (Å²) in [6.07, 6.45) is 4.66. The van der Waals surface area contributed by atoms with Gasteiger partial charge in [-0.15, -0.1) is 0 Å². The van der Waals surface area contributed by atoms with Crippen molar-refractivity contribution in [2.45, 2.75) is 51.6 Å². The molecule has 0 radical (unpaired) electrons. The smallest absolute Gasteiger partial charge is 0.242 e. The first kappa shape index (κ1) is 18.7. The van der Waals surface area contributed by atoms with Crippen molar-refractivity contribution >= 4 is 23.2 Å². The molecule has 0 heterocycles. The molecule has 5 nitrogen and oxygen atoms in total. The van der Waals surface area contributed by atoms with Crippen LogP contribution in [-0.2, 0) is 4.79 Å². The Morgan fingerprint density at radius 2 is 1.88 bits per heavy atom. The Labute approximate surface area is 149 Å². The van der Waals surface area contributed by atoms with Crippen LogP contribution in [0.3, 0.4) is 0 Å². The van der Waals surface area contributed by atoms with Crippen LogP contribution < -0.4 is 20.1 Å². The predicted octanol–water partition coefficient (Wildman–Crippen LogP) is 3.85. The van der Waals surface area contributed by atoms with Crippen molar-refractivity contribution in [1.29, 1.82) is 0 Å². The number of hydrogen-bond acceptors (Lipinski definition) is 4. The lowest BCUT2D eigenvalue weighted by Gasteiger charge is -2.30. The van der Waals surface area contributed by atoms with E-state index in [2.05, 4.69) is 17.6 Å². The zero-order valence-corrected chi connectivity index (χ0v) is 15.6. The Morgan fingerprint density at radius 1 is 1.21 bits per heavy atom. The fourth-order valence-electron chi connectivity index (χ4n) is 3.11. The fourth-order valence-corrected chi connectivity index (χ4v) is 3.35. The van der Waals surface area contributed by atoms with Crippen molar-refractivity contribution in [2.75, 3.05) is 19.5 Å². The first-order valence-electron chi connectivity index (χ1n) is 8.44. The van der Waals surface area contributed by atoms with Crippen LogP contribution in [0.1, 0.15) is 39.5 Å². The number of methoxy groups -OCH3 is 2. The minimum Gasteiger partial charge on any atom is -0.495 e. The molecular formula is C18H27ClN2O3. The number of amides is 1. The van der Waals surface area contributed by atoms with E-state index in [1.165, 1.54) is 19.3 Å². The highest BCUT2D eigenvalue weighted by molar-refractivity contribution is 6.32. The maximum absolute atomic E-state index is 12.5. The van der Waals surface area contributed by atoms with Gasteiger partial charge in [0.2, 0.25) is 5.91 Å². The first-order chi connectivity index (χ1) is 11.5. The lowest BCUT2D eigenvalue weighted by atomic mass is 9.86. The second-order valence-electron chi connectivity index (χ2n) is 6.43. The summed E-state index contributed by atoms with van der Waals surface area (Å²) in [5.74, 6) is 1.64. The number of carbonyl (C=O) groups is 1. The van der Waals surface area contributed by atoms with E-state index < -0.39 is 6.04 Å². The Balaban J connectivity index is 2.04. The van der Waals surface area contributed by atoms with Gasteiger partial charge >= 0.3 is 0 Å². The van der Waals surface area contributed by atoms with Crippen LogP contribution in [0.25, 0.3) is 0 Å². The van der Waals surface area contributed by atoms with E-state index in [1.54, 1.807) is 26.4 Å². The minimum atomic E-state index is -0.391. The molecule has 134 valence electrons. The van der Waals surface area contributed by atoms with Gasteiger partial charge in [-0.2, -0.15) is 0 Å². The standard InChI is InChI=1S/C18H27ClN2O3/c1-11-7-5-6-8-14(11)21-18(22)12(2)20-15-9-13(19)16(23-3)10-17(15)24-4/h9-12,14,20H,5-8H2,1-4H3,(H,21,22)/t11-,12+,14-/m0/s1. The molecule has 2 N–H and O–H groups in total. The molecule has 6 heteroatoms. The lowest BCUT2D eigenvalue weighted by Crippen LogP contribution is -2.46. The summed E-state index contributed by atoms with van der Waals surface area (Å²) in [6, 6.07) is 3.29. The third-order valence-electron chi connectivity index (χ3n) is 4.68. The molecule has 3 atom stereocenters. The first-order valence-corrected chi connectivity index (χ1v) is 8.82. The zero-order chi connectivity index (χ0) is 17.7. The second kappa shape index (κ2) is 8.47. The number of hydrogen-bond donors (Lipinski definition) is 2. The summed E-state index contributed by atoms with van der Waals surface area (Å²) < 4.78 is 10.5. The monoisotopic (exact) mass is 354 g/mol. The normalized spacial score (nSPS) is 21.7. The average Bonchev–Trinajstić information content (AvgIpc) is 2.57. The van der Waals surface area contributed by atoms with Crippen LogP contribution in [0.4, 0.5) is 5.69 Å². The van der Waals surface area contributed by atoms with E-state index >= 15 is 0 Å². The Morgan fingerprint density at radius 3 is 2.50 bits per heavy atom. The molecular weight excluding hydrogens is 328 g/mol. The van der Waals surface area contributed by atoms with E-state index in [9.17, 15) is 4.79 Å². The molecule has 1 aliphatic rings. The third kappa shape index (κ3) is 4.47. The number of halogens is 1. The molecule has 0 saturated heterocycles. The van der Waals surface area contributed by atoms with Gasteiger partial charge in [-0.05, 0) is 31.7 Å². The third-order valence-corrected chi connectivity index (χ3v) is 4.97. The van der Waals surface area contributed by atoms with Gasteiger partial charge in [0, 0.05) is 12.1 Å². The van der Waals surface area contributed by atoms with Crippen molar-refractivity contribution in [3.8, 4) is 11.5 Å². The van der Waals surface area contributed by atoms with Gasteiger partial charge < -0.3 is 20.1 Å². The maximum atomic E-state index is 12.5. The number of ether oxygens (including phenoxy) is 2. The molecule has 24 heavy (non-hydrogen) atoms. The van der Waals surface area contributed by atoms with Gasteiger partial charge in [-0.25, -0.2) is 0 Å². The maximum Gasteiger partial charge on any atom is 0.242 e. The Hall–Kier alpha value is -1.62. The summed E-state index contributed by atoms with van der Waals surface area (Å²) in [5.41, 5.74) is 0.669. The summed E-state index contributed by atoms with van der Waals surface area (Å²) in [4.78, 5) is 12.5. The zero-order valence-electron chi connectivity index (χ0n) is 14.8. The van der Waals surface area contributed by atoms with Crippen molar-refractivity contribution in [3.05, 3.63) is 17.2 Å². The molecule has 2 rings (SSSR count). The Kier molecular flexibility index (Phi) is 6.60. The highest BCUT2D eigenvalue weighted by Crippen LogP contribution is 2.36. The van der Waals surface area contributed by atoms with Crippen LogP contribution in [0.15, 0.2) is 12.1 Å². The second-order valence-corrected chi connectivity index (χ2v) is 6.84.